The first-order valence-corrected chi connectivity index (χ1v) is 8.47. The molecule has 1 saturated carbocycles. The lowest BCUT2D eigenvalue weighted by Gasteiger charge is -2.40. The van der Waals surface area contributed by atoms with Crippen molar-refractivity contribution in [3.63, 3.8) is 0 Å². The van der Waals surface area contributed by atoms with Crippen molar-refractivity contribution in [2.24, 2.45) is 0 Å². The van der Waals surface area contributed by atoms with E-state index in [4.69, 9.17) is 4.74 Å². The van der Waals surface area contributed by atoms with Gasteiger partial charge in [0.1, 0.15) is 5.82 Å². The van der Waals surface area contributed by atoms with Crippen LogP contribution in [0.3, 0.4) is 0 Å². The van der Waals surface area contributed by atoms with Gasteiger partial charge in [0.2, 0.25) is 0 Å². The van der Waals surface area contributed by atoms with Crippen molar-refractivity contribution in [1.29, 1.82) is 0 Å². The summed E-state index contributed by atoms with van der Waals surface area (Å²) in [6.07, 6.45) is 4.08. The van der Waals surface area contributed by atoms with E-state index in [0.29, 0.717) is 12.4 Å². The number of aryl methyl sites for hydroxylation is 1. The summed E-state index contributed by atoms with van der Waals surface area (Å²) >= 11 is 0. The number of rotatable bonds is 7. The second-order valence-electron chi connectivity index (χ2n) is 6.32. The van der Waals surface area contributed by atoms with Gasteiger partial charge in [-0.25, -0.2) is 9.97 Å². The van der Waals surface area contributed by atoms with Crippen LogP contribution in [0.2, 0.25) is 0 Å². The number of anilines is 1. The molecule has 1 heterocycles. The number of nitro groups is 1. The topological polar surface area (TPSA) is 90.2 Å². The summed E-state index contributed by atoms with van der Waals surface area (Å²) in [6, 6.07) is 8.24. The van der Waals surface area contributed by atoms with Crippen LogP contribution in [0.1, 0.15) is 31.9 Å². The maximum absolute atomic E-state index is 10.8. The number of aromatic nitrogens is 2. The molecule has 0 saturated heterocycles. The molecule has 0 unspecified atom stereocenters. The molecule has 0 bridgehead atoms. The van der Waals surface area contributed by atoms with E-state index >= 15 is 0 Å². The van der Waals surface area contributed by atoms with E-state index in [1.54, 1.807) is 19.2 Å². The molecule has 7 nitrogen and oxygen atoms in total. The minimum absolute atomic E-state index is 0.0563. The van der Waals surface area contributed by atoms with E-state index in [1.807, 2.05) is 13.0 Å². The smallest absolute Gasteiger partial charge is 0.269 e. The third-order valence-electron chi connectivity index (χ3n) is 4.77. The number of nitro benzene ring substituents is 1. The molecule has 1 fully saturated rings. The molecule has 0 spiro atoms. The minimum atomic E-state index is -0.414. The first-order valence-electron chi connectivity index (χ1n) is 8.47. The Morgan fingerprint density at radius 1 is 1.28 bits per heavy atom. The zero-order chi connectivity index (χ0) is 17.9. The Morgan fingerprint density at radius 3 is 2.52 bits per heavy atom. The Kier molecular flexibility index (Phi) is 4.94. The number of hydrogen-bond acceptors (Lipinski definition) is 6. The van der Waals surface area contributed by atoms with Crippen molar-refractivity contribution in [1.82, 2.24) is 9.97 Å². The Labute approximate surface area is 146 Å². The minimum Gasteiger partial charge on any atom is -0.376 e. The average molecular weight is 342 g/mol. The molecule has 0 aliphatic heterocycles. The van der Waals surface area contributed by atoms with Crippen LogP contribution < -0.4 is 5.32 Å². The third kappa shape index (κ3) is 3.76. The molecule has 3 rings (SSSR count). The molecule has 1 aromatic heterocycles. The number of nitrogens with one attached hydrogen (secondary N) is 1. The van der Waals surface area contributed by atoms with Crippen LogP contribution >= 0.6 is 0 Å². The summed E-state index contributed by atoms with van der Waals surface area (Å²) in [5, 5.41) is 14.2. The Balaban J connectivity index is 1.83. The number of nitrogens with zero attached hydrogens (tertiary/aromatic N) is 3. The molecular weight excluding hydrogens is 320 g/mol. The van der Waals surface area contributed by atoms with E-state index in [0.717, 1.165) is 36.3 Å². The van der Waals surface area contributed by atoms with Crippen molar-refractivity contribution in [2.75, 3.05) is 19.0 Å². The maximum atomic E-state index is 10.8. The quantitative estimate of drug-likeness (QED) is 0.611. The highest BCUT2D eigenvalue weighted by Crippen LogP contribution is 2.35. The highest BCUT2D eigenvalue weighted by atomic mass is 16.6. The van der Waals surface area contributed by atoms with Crippen LogP contribution in [0.15, 0.2) is 30.3 Å². The molecule has 0 amide bonds. The van der Waals surface area contributed by atoms with Crippen LogP contribution in [0.5, 0.6) is 0 Å². The summed E-state index contributed by atoms with van der Waals surface area (Å²) in [6.45, 7) is 2.75. The average Bonchev–Trinajstić information content (AvgIpc) is 2.61. The van der Waals surface area contributed by atoms with Gasteiger partial charge in [0.25, 0.3) is 5.69 Å². The van der Waals surface area contributed by atoms with Gasteiger partial charge in [-0.2, -0.15) is 0 Å². The molecule has 1 aromatic carbocycles. The second-order valence-corrected chi connectivity index (χ2v) is 6.32. The van der Waals surface area contributed by atoms with Gasteiger partial charge < -0.3 is 10.1 Å². The molecule has 0 atom stereocenters. The van der Waals surface area contributed by atoms with Crippen molar-refractivity contribution in [3.8, 4) is 11.4 Å². The normalized spacial score (nSPS) is 15.4. The van der Waals surface area contributed by atoms with E-state index in [1.165, 1.54) is 18.6 Å². The molecular formula is C18H22N4O3. The van der Waals surface area contributed by atoms with E-state index in [9.17, 15) is 10.1 Å². The van der Waals surface area contributed by atoms with Crippen molar-refractivity contribution >= 4 is 11.5 Å². The van der Waals surface area contributed by atoms with Gasteiger partial charge in [0.05, 0.1) is 10.5 Å². The molecule has 132 valence electrons. The van der Waals surface area contributed by atoms with Gasteiger partial charge in [-0.3, -0.25) is 10.1 Å². The first-order chi connectivity index (χ1) is 12.0. The van der Waals surface area contributed by atoms with Gasteiger partial charge in [-0.05, 0) is 37.8 Å². The molecule has 1 N–H and O–H groups in total. The molecule has 1 aliphatic carbocycles. The first kappa shape index (κ1) is 17.3. The molecule has 2 aromatic rings. The number of methoxy groups -OCH3 is 1. The SMILES string of the molecule is CCc1cc(NCC2(OC)CCC2)nc(-c2ccc([N+](=O)[O-])cc2)n1. The monoisotopic (exact) mass is 342 g/mol. The highest BCUT2D eigenvalue weighted by Gasteiger charge is 2.36. The number of ether oxygens (including phenoxy) is 1. The molecule has 1 aliphatic rings. The zero-order valence-corrected chi connectivity index (χ0v) is 14.5. The summed E-state index contributed by atoms with van der Waals surface area (Å²) in [5.74, 6) is 1.32. The lowest BCUT2D eigenvalue weighted by atomic mass is 9.80. The van der Waals surface area contributed by atoms with Crippen LogP contribution in [-0.2, 0) is 11.2 Å². The third-order valence-corrected chi connectivity index (χ3v) is 4.77. The Hall–Kier alpha value is -2.54. The lowest BCUT2D eigenvalue weighted by Crippen LogP contribution is -2.45. The van der Waals surface area contributed by atoms with Crippen LogP contribution in [0.4, 0.5) is 11.5 Å². The van der Waals surface area contributed by atoms with Crippen molar-refractivity contribution < 1.29 is 9.66 Å². The summed E-state index contributed by atoms with van der Waals surface area (Å²) < 4.78 is 5.63. The number of hydrogen-bond donors (Lipinski definition) is 1. The summed E-state index contributed by atoms with van der Waals surface area (Å²) in [5.41, 5.74) is 1.64. The van der Waals surface area contributed by atoms with E-state index < -0.39 is 4.92 Å². The van der Waals surface area contributed by atoms with Crippen LogP contribution in [0.25, 0.3) is 11.4 Å². The zero-order valence-electron chi connectivity index (χ0n) is 14.5. The van der Waals surface area contributed by atoms with E-state index in [-0.39, 0.29) is 11.3 Å². The lowest BCUT2D eigenvalue weighted by molar-refractivity contribution is -0.384. The van der Waals surface area contributed by atoms with Gasteiger partial charge in [-0.1, -0.05) is 6.92 Å². The Bertz CT molecular complexity index is 752. The van der Waals surface area contributed by atoms with Crippen LogP contribution in [-0.4, -0.2) is 34.1 Å². The molecule has 25 heavy (non-hydrogen) atoms. The Morgan fingerprint density at radius 2 is 2.00 bits per heavy atom. The fourth-order valence-corrected chi connectivity index (χ4v) is 2.91. The van der Waals surface area contributed by atoms with Crippen molar-refractivity contribution in [2.45, 2.75) is 38.2 Å². The standard InChI is InChI=1S/C18H22N4O3/c1-3-14-11-16(19-12-18(25-2)9-4-10-18)21-17(20-14)13-5-7-15(8-6-13)22(23)24/h5-8,11H,3-4,9-10,12H2,1-2H3,(H,19,20,21). The van der Waals surface area contributed by atoms with E-state index in [2.05, 4.69) is 15.3 Å². The van der Waals surface area contributed by atoms with Gasteiger partial charge in [0, 0.05) is 43.1 Å². The summed E-state index contributed by atoms with van der Waals surface area (Å²) in [4.78, 5) is 19.5. The maximum Gasteiger partial charge on any atom is 0.269 e. The fraction of sp³-hybridized carbons (Fsp3) is 0.444. The predicted molar refractivity (Wildman–Crippen MR) is 95.6 cm³/mol. The summed E-state index contributed by atoms with van der Waals surface area (Å²) in [7, 11) is 1.75. The number of non-ortho nitro benzene ring substituents is 1. The second kappa shape index (κ2) is 7.14. The molecule has 0 radical (unpaired) electrons. The molecule has 7 heteroatoms. The van der Waals surface area contributed by atoms with Gasteiger partial charge >= 0.3 is 0 Å². The largest absolute Gasteiger partial charge is 0.376 e. The van der Waals surface area contributed by atoms with Gasteiger partial charge in [-0.15, -0.1) is 0 Å². The van der Waals surface area contributed by atoms with Crippen molar-refractivity contribution in [3.05, 3.63) is 46.1 Å². The fourth-order valence-electron chi connectivity index (χ4n) is 2.91. The predicted octanol–water partition coefficient (Wildman–Crippen LogP) is 3.60. The van der Waals surface area contributed by atoms with Gasteiger partial charge in [0.15, 0.2) is 5.82 Å². The number of benzene rings is 1. The highest BCUT2D eigenvalue weighted by molar-refractivity contribution is 5.59. The van der Waals surface area contributed by atoms with Crippen LogP contribution in [0, 0.1) is 10.1 Å².